The number of carboxylic acids is 1. The lowest BCUT2D eigenvalue weighted by molar-refractivity contribution is 0.0697. The van der Waals surface area contributed by atoms with Gasteiger partial charge in [0.15, 0.2) is 0 Å². The molecule has 0 radical (unpaired) electrons. The summed E-state index contributed by atoms with van der Waals surface area (Å²) in [5, 5.41) is 11.3. The Morgan fingerprint density at radius 2 is 2.11 bits per heavy atom. The van der Waals surface area contributed by atoms with E-state index in [1.165, 1.54) is 4.88 Å². The third kappa shape index (κ3) is 2.79. The van der Waals surface area contributed by atoms with Gasteiger partial charge < -0.3 is 10.0 Å². The van der Waals surface area contributed by atoms with Crippen molar-refractivity contribution in [3.8, 4) is 0 Å². The van der Waals surface area contributed by atoms with Crippen LogP contribution in [-0.4, -0.2) is 18.1 Å². The molecule has 0 spiro atoms. The van der Waals surface area contributed by atoms with E-state index in [1.807, 2.05) is 42.5 Å². The van der Waals surface area contributed by atoms with Gasteiger partial charge in [0, 0.05) is 11.9 Å². The first kappa shape index (κ1) is 13.6. The number of anilines is 1. The highest BCUT2D eigenvalue weighted by atomic mass is 32.1. The fourth-order valence-corrected chi connectivity index (χ4v) is 2.87. The molecule has 3 nitrogen and oxygen atoms in total. The van der Waals surface area contributed by atoms with Crippen LogP contribution < -0.4 is 4.90 Å². The van der Waals surface area contributed by atoms with Gasteiger partial charge in [-0.25, -0.2) is 4.79 Å². The van der Waals surface area contributed by atoms with Gasteiger partial charge in [-0.1, -0.05) is 12.1 Å². The first-order chi connectivity index (χ1) is 9.00. The SMILES string of the molecule is Cc1ccc(C(=O)O)c(N(C)C(C)c2cccs2)c1. The van der Waals surface area contributed by atoms with E-state index in [9.17, 15) is 9.90 Å². The highest BCUT2D eigenvalue weighted by Gasteiger charge is 2.19. The first-order valence-electron chi connectivity index (χ1n) is 6.11. The van der Waals surface area contributed by atoms with Crippen molar-refractivity contribution >= 4 is 23.0 Å². The van der Waals surface area contributed by atoms with Crippen molar-refractivity contribution in [1.29, 1.82) is 0 Å². The van der Waals surface area contributed by atoms with Crippen LogP contribution >= 0.6 is 11.3 Å². The predicted molar refractivity (Wildman–Crippen MR) is 79.3 cm³/mol. The molecule has 1 atom stereocenters. The van der Waals surface area contributed by atoms with Crippen molar-refractivity contribution in [2.24, 2.45) is 0 Å². The molecule has 0 aliphatic carbocycles. The molecule has 0 fully saturated rings. The monoisotopic (exact) mass is 275 g/mol. The van der Waals surface area contributed by atoms with Crippen LogP contribution in [0.15, 0.2) is 35.7 Å². The van der Waals surface area contributed by atoms with E-state index >= 15 is 0 Å². The van der Waals surface area contributed by atoms with Crippen LogP contribution in [0.5, 0.6) is 0 Å². The van der Waals surface area contributed by atoms with Gasteiger partial charge in [0.1, 0.15) is 0 Å². The van der Waals surface area contributed by atoms with Crippen molar-refractivity contribution in [3.05, 3.63) is 51.7 Å². The molecular weight excluding hydrogens is 258 g/mol. The molecule has 1 unspecified atom stereocenters. The average molecular weight is 275 g/mol. The number of carboxylic acid groups (broad SMARTS) is 1. The van der Waals surface area contributed by atoms with Crippen molar-refractivity contribution in [2.75, 3.05) is 11.9 Å². The molecule has 0 aliphatic heterocycles. The summed E-state index contributed by atoms with van der Waals surface area (Å²) in [6, 6.07) is 9.66. The topological polar surface area (TPSA) is 40.5 Å². The van der Waals surface area contributed by atoms with Crippen molar-refractivity contribution in [3.63, 3.8) is 0 Å². The Morgan fingerprint density at radius 3 is 2.68 bits per heavy atom. The Kier molecular flexibility index (Phi) is 3.90. The van der Waals surface area contributed by atoms with E-state index in [2.05, 4.69) is 13.0 Å². The lowest BCUT2D eigenvalue weighted by Gasteiger charge is -2.28. The van der Waals surface area contributed by atoms with Crippen molar-refractivity contribution in [1.82, 2.24) is 0 Å². The second-order valence-corrected chi connectivity index (χ2v) is 5.61. The molecule has 4 heteroatoms. The number of carbonyl (C=O) groups is 1. The highest BCUT2D eigenvalue weighted by molar-refractivity contribution is 7.10. The molecule has 100 valence electrons. The van der Waals surface area contributed by atoms with Gasteiger partial charge in [-0.05, 0) is 43.0 Å². The molecule has 1 aromatic heterocycles. The predicted octanol–water partition coefficient (Wildman–Crippen LogP) is 3.95. The minimum Gasteiger partial charge on any atom is -0.478 e. The summed E-state index contributed by atoms with van der Waals surface area (Å²) in [5.74, 6) is -0.889. The smallest absolute Gasteiger partial charge is 0.337 e. The van der Waals surface area contributed by atoms with E-state index in [-0.39, 0.29) is 6.04 Å². The van der Waals surface area contributed by atoms with Gasteiger partial charge in [-0.15, -0.1) is 11.3 Å². The van der Waals surface area contributed by atoms with E-state index in [1.54, 1.807) is 17.4 Å². The quantitative estimate of drug-likeness (QED) is 0.918. The summed E-state index contributed by atoms with van der Waals surface area (Å²) in [4.78, 5) is 14.6. The summed E-state index contributed by atoms with van der Waals surface area (Å²) in [5.41, 5.74) is 2.16. The van der Waals surface area contributed by atoms with E-state index in [0.29, 0.717) is 5.56 Å². The molecule has 2 aromatic rings. The van der Waals surface area contributed by atoms with Gasteiger partial charge in [0.05, 0.1) is 17.3 Å². The Balaban J connectivity index is 2.40. The average Bonchev–Trinajstić information content (AvgIpc) is 2.90. The van der Waals surface area contributed by atoms with Crippen molar-refractivity contribution in [2.45, 2.75) is 19.9 Å². The number of thiophene rings is 1. The summed E-state index contributed by atoms with van der Waals surface area (Å²) >= 11 is 1.68. The third-order valence-electron chi connectivity index (χ3n) is 3.30. The summed E-state index contributed by atoms with van der Waals surface area (Å²) in [7, 11) is 1.94. The number of aromatic carboxylic acids is 1. The fourth-order valence-electron chi connectivity index (χ4n) is 2.04. The molecule has 1 heterocycles. The molecule has 0 saturated carbocycles. The molecule has 1 aromatic carbocycles. The number of nitrogens with zero attached hydrogens (tertiary/aromatic N) is 1. The second-order valence-electron chi connectivity index (χ2n) is 4.63. The van der Waals surface area contributed by atoms with Crippen LogP contribution in [0, 0.1) is 6.92 Å². The maximum absolute atomic E-state index is 11.3. The number of hydrogen-bond acceptors (Lipinski definition) is 3. The zero-order valence-electron chi connectivity index (χ0n) is 11.3. The lowest BCUT2D eigenvalue weighted by atomic mass is 10.1. The second kappa shape index (κ2) is 5.45. The van der Waals surface area contributed by atoms with Gasteiger partial charge in [-0.2, -0.15) is 0 Å². The van der Waals surface area contributed by atoms with Crippen LogP contribution in [0.25, 0.3) is 0 Å². The number of rotatable bonds is 4. The van der Waals surface area contributed by atoms with Crippen LogP contribution in [-0.2, 0) is 0 Å². The summed E-state index contributed by atoms with van der Waals surface area (Å²) in [6.45, 7) is 4.05. The fraction of sp³-hybridized carbons (Fsp3) is 0.267. The van der Waals surface area contributed by atoms with Gasteiger partial charge in [0.25, 0.3) is 0 Å². The molecule has 19 heavy (non-hydrogen) atoms. The normalized spacial score (nSPS) is 12.2. The Hall–Kier alpha value is -1.81. The minimum absolute atomic E-state index is 0.153. The Bertz CT molecular complexity index is 578. The standard InChI is InChI=1S/C15H17NO2S/c1-10-6-7-12(15(17)18)13(9-10)16(3)11(2)14-5-4-8-19-14/h4-9,11H,1-3H3,(H,17,18). The van der Waals surface area contributed by atoms with Crippen LogP contribution in [0.4, 0.5) is 5.69 Å². The van der Waals surface area contributed by atoms with E-state index in [4.69, 9.17) is 0 Å². The van der Waals surface area contributed by atoms with Gasteiger partial charge in [-0.3, -0.25) is 0 Å². The lowest BCUT2D eigenvalue weighted by Crippen LogP contribution is -2.23. The summed E-state index contributed by atoms with van der Waals surface area (Å²) < 4.78 is 0. The molecule has 0 saturated heterocycles. The van der Waals surface area contributed by atoms with Crippen LogP contribution in [0.3, 0.4) is 0 Å². The molecule has 0 bridgehead atoms. The maximum Gasteiger partial charge on any atom is 0.337 e. The molecular formula is C15H17NO2S. The Labute approximate surface area is 117 Å². The zero-order valence-corrected chi connectivity index (χ0v) is 12.1. The molecule has 0 amide bonds. The van der Waals surface area contributed by atoms with Crippen LogP contribution in [0.2, 0.25) is 0 Å². The van der Waals surface area contributed by atoms with Gasteiger partial charge >= 0.3 is 5.97 Å². The number of benzene rings is 1. The maximum atomic E-state index is 11.3. The van der Waals surface area contributed by atoms with E-state index in [0.717, 1.165) is 11.3 Å². The molecule has 0 aliphatic rings. The molecule has 2 rings (SSSR count). The number of aryl methyl sites for hydroxylation is 1. The van der Waals surface area contributed by atoms with Gasteiger partial charge in [0.2, 0.25) is 0 Å². The number of hydrogen-bond donors (Lipinski definition) is 1. The molecule has 1 N–H and O–H groups in total. The van der Waals surface area contributed by atoms with E-state index < -0.39 is 5.97 Å². The summed E-state index contributed by atoms with van der Waals surface area (Å²) in [6.07, 6.45) is 0. The highest BCUT2D eigenvalue weighted by Crippen LogP contribution is 2.31. The zero-order chi connectivity index (χ0) is 14.0. The first-order valence-corrected chi connectivity index (χ1v) is 6.99. The van der Waals surface area contributed by atoms with Crippen LogP contribution in [0.1, 0.15) is 33.8 Å². The van der Waals surface area contributed by atoms with Crippen molar-refractivity contribution < 1.29 is 9.90 Å². The largest absolute Gasteiger partial charge is 0.478 e. The Morgan fingerprint density at radius 1 is 1.37 bits per heavy atom. The minimum atomic E-state index is -0.889. The third-order valence-corrected chi connectivity index (χ3v) is 4.34.